The summed E-state index contributed by atoms with van der Waals surface area (Å²) in [5.74, 6) is 0.936. The van der Waals surface area contributed by atoms with Crippen molar-refractivity contribution in [2.24, 2.45) is 0 Å². The number of hydrogen-bond donors (Lipinski definition) is 1. The molecule has 0 bridgehead atoms. The van der Waals surface area contributed by atoms with E-state index in [1.807, 2.05) is 30.3 Å². The van der Waals surface area contributed by atoms with Crippen molar-refractivity contribution in [3.8, 4) is 5.75 Å². The van der Waals surface area contributed by atoms with Crippen LogP contribution in [0.2, 0.25) is 0 Å². The summed E-state index contributed by atoms with van der Waals surface area (Å²) in [6.07, 6.45) is 4.91. The van der Waals surface area contributed by atoms with Crippen molar-refractivity contribution in [3.63, 3.8) is 0 Å². The molecule has 2 unspecified atom stereocenters. The molecule has 0 saturated carbocycles. The first-order valence-corrected chi connectivity index (χ1v) is 7.74. The molecular formula is C18H25NO3. The van der Waals surface area contributed by atoms with Gasteiger partial charge in [-0.1, -0.05) is 18.2 Å². The van der Waals surface area contributed by atoms with Crippen molar-refractivity contribution in [1.29, 1.82) is 0 Å². The fourth-order valence-corrected chi connectivity index (χ4v) is 2.63. The summed E-state index contributed by atoms with van der Waals surface area (Å²) in [6, 6.07) is 7.63. The van der Waals surface area contributed by atoms with Crippen LogP contribution in [0.4, 0.5) is 0 Å². The first-order chi connectivity index (χ1) is 10.5. The minimum Gasteiger partial charge on any atom is -0.497 e. The number of methoxy groups -OCH3 is 1. The van der Waals surface area contributed by atoms with Gasteiger partial charge in [-0.2, -0.15) is 0 Å². The van der Waals surface area contributed by atoms with E-state index < -0.39 is 0 Å². The van der Waals surface area contributed by atoms with Gasteiger partial charge in [0, 0.05) is 19.5 Å². The van der Waals surface area contributed by atoms with E-state index in [-0.39, 0.29) is 17.5 Å². The second-order valence-corrected chi connectivity index (χ2v) is 6.08. The summed E-state index contributed by atoms with van der Waals surface area (Å²) < 4.78 is 11.1. The Morgan fingerprint density at radius 1 is 1.45 bits per heavy atom. The van der Waals surface area contributed by atoms with Gasteiger partial charge in [-0.05, 0) is 44.0 Å². The molecule has 1 heterocycles. The van der Waals surface area contributed by atoms with E-state index in [9.17, 15) is 4.79 Å². The molecule has 2 atom stereocenters. The van der Waals surface area contributed by atoms with Crippen LogP contribution in [0, 0.1) is 0 Å². The lowest BCUT2D eigenvalue weighted by atomic mass is 9.96. The average molecular weight is 303 g/mol. The molecule has 22 heavy (non-hydrogen) atoms. The van der Waals surface area contributed by atoms with E-state index in [1.165, 1.54) is 0 Å². The van der Waals surface area contributed by atoms with Crippen LogP contribution < -0.4 is 10.1 Å². The fourth-order valence-electron chi connectivity index (χ4n) is 2.63. The standard InChI is InChI=1S/C18H25NO3/c1-14-12-19-13-18(2,22-14)11-10-16(20)7-4-15-5-8-17(21-3)9-6-15/h4-9,14,19H,10-13H2,1-3H3/b7-4+. The number of nitrogens with one attached hydrogen (secondary N) is 1. The van der Waals surface area contributed by atoms with Crippen molar-refractivity contribution in [3.05, 3.63) is 35.9 Å². The number of carbonyl (C=O) groups excluding carboxylic acids is 1. The zero-order valence-corrected chi connectivity index (χ0v) is 13.6. The number of hydrogen-bond acceptors (Lipinski definition) is 4. The zero-order chi connectivity index (χ0) is 16.0. The van der Waals surface area contributed by atoms with Gasteiger partial charge in [-0.25, -0.2) is 0 Å². The maximum Gasteiger partial charge on any atom is 0.155 e. The Morgan fingerprint density at radius 3 is 2.82 bits per heavy atom. The number of allylic oxidation sites excluding steroid dienone is 1. The molecule has 0 aliphatic carbocycles. The first kappa shape index (κ1) is 16.7. The first-order valence-electron chi connectivity index (χ1n) is 7.74. The van der Waals surface area contributed by atoms with Crippen LogP contribution in [0.5, 0.6) is 5.75 Å². The maximum atomic E-state index is 12.0. The Kier molecular flexibility index (Phi) is 5.75. The number of rotatable bonds is 6. The molecule has 0 amide bonds. The van der Waals surface area contributed by atoms with E-state index in [0.29, 0.717) is 6.42 Å². The van der Waals surface area contributed by atoms with Crippen molar-refractivity contribution in [2.75, 3.05) is 20.2 Å². The molecule has 1 saturated heterocycles. The van der Waals surface area contributed by atoms with Crippen molar-refractivity contribution in [1.82, 2.24) is 5.32 Å². The highest BCUT2D eigenvalue weighted by atomic mass is 16.5. The van der Waals surface area contributed by atoms with Gasteiger partial charge in [0.05, 0.1) is 18.8 Å². The van der Waals surface area contributed by atoms with Crippen molar-refractivity contribution in [2.45, 2.75) is 38.4 Å². The van der Waals surface area contributed by atoms with Gasteiger partial charge in [0.2, 0.25) is 0 Å². The van der Waals surface area contributed by atoms with Gasteiger partial charge in [0.1, 0.15) is 5.75 Å². The van der Waals surface area contributed by atoms with Crippen LogP contribution in [-0.2, 0) is 9.53 Å². The summed E-state index contributed by atoms with van der Waals surface area (Å²) in [5.41, 5.74) is 0.742. The zero-order valence-electron chi connectivity index (χ0n) is 13.6. The third-order valence-corrected chi connectivity index (χ3v) is 3.89. The van der Waals surface area contributed by atoms with Gasteiger partial charge in [0.15, 0.2) is 5.78 Å². The minimum atomic E-state index is -0.249. The number of morpholine rings is 1. The normalized spacial score (nSPS) is 25.3. The predicted molar refractivity (Wildman–Crippen MR) is 88.1 cm³/mol. The van der Waals surface area contributed by atoms with E-state index >= 15 is 0 Å². The summed E-state index contributed by atoms with van der Waals surface area (Å²) in [6.45, 7) is 5.79. The van der Waals surface area contributed by atoms with Gasteiger partial charge in [-0.15, -0.1) is 0 Å². The third kappa shape index (κ3) is 4.97. The highest BCUT2D eigenvalue weighted by Gasteiger charge is 2.30. The SMILES string of the molecule is COc1ccc(/C=C/C(=O)CCC2(C)CNCC(C)O2)cc1. The number of benzene rings is 1. The molecule has 120 valence electrons. The van der Waals surface area contributed by atoms with Crippen molar-refractivity contribution >= 4 is 11.9 Å². The summed E-state index contributed by atoms with van der Waals surface area (Å²) in [7, 11) is 1.64. The van der Waals surface area contributed by atoms with E-state index in [0.717, 1.165) is 30.8 Å². The molecule has 1 aromatic rings. The fraction of sp³-hybridized carbons (Fsp3) is 0.500. The molecule has 1 aliphatic rings. The molecule has 0 aromatic heterocycles. The summed E-state index contributed by atoms with van der Waals surface area (Å²) in [5, 5.41) is 3.35. The predicted octanol–water partition coefficient (Wildman–Crippen LogP) is 2.82. The number of carbonyl (C=O) groups is 1. The van der Waals surface area contributed by atoms with E-state index in [1.54, 1.807) is 13.2 Å². The molecule has 4 heteroatoms. The molecule has 0 spiro atoms. The van der Waals surface area contributed by atoms with Crippen LogP contribution in [0.3, 0.4) is 0 Å². The molecule has 2 rings (SSSR count). The van der Waals surface area contributed by atoms with Crippen LogP contribution in [0.1, 0.15) is 32.3 Å². The summed E-state index contributed by atoms with van der Waals surface area (Å²) >= 11 is 0. The van der Waals surface area contributed by atoms with Crippen LogP contribution >= 0.6 is 0 Å². The highest BCUT2D eigenvalue weighted by molar-refractivity contribution is 5.93. The largest absolute Gasteiger partial charge is 0.497 e. The number of ether oxygens (including phenoxy) is 2. The lowest BCUT2D eigenvalue weighted by Gasteiger charge is -2.38. The highest BCUT2D eigenvalue weighted by Crippen LogP contribution is 2.22. The second kappa shape index (κ2) is 7.56. The van der Waals surface area contributed by atoms with Gasteiger partial charge in [-0.3, -0.25) is 4.79 Å². The van der Waals surface area contributed by atoms with E-state index in [2.05, 4.69) is 19.2 Å². The van der Waals surface area contributed by atoms with Gasteiger partial charge < -0.3 is 14.8 Å². The maximum absolute atomic E-state index is 12.0. The Balaban J connectivity index is 1.83. The van der Waals surface area contributed by atoms with E-state index in [4.69, 9.17) is 9.47 Å². The Labute approximate surface area is 132 Å². The quantitative estimate of drug-likeness (QED) is 0.821. The molecule has 1 N–H and O–H groups in total. The van der Waals surface area contributed by atoms with Gasteiger partial charge in [0.25, 0.3) is 0 Å². The van der Waals surface area contributed by atoms with Gasteiger partial charge >= 0.3 is 0 Å². The average Bonchev–Trinajstić information content (AvgIpc) is 2.51. The molecule has 1 aliphatic heterocycles. The van der Waals surface area contributed by atoms with Crippen LogP contribution in [0.15, 0.2) is 30.3 Å². The van der Waals surface area contributed by atoms with Crippen LogP contribution in [-0.4, -0.2) is 37.7 Å². The van der Waals surface area contributed by atoms with Crippen LogP contribution in [0.25, 0.3) is 6.08 Å². The topological polar surface area (TPSA) is 47.6 Å². The molecular weight excluding hydrogens is 278 g/mol. The minimum absolute atomic E-state index is 0.124. The Hall–Kier alpha value is -1.65. The third-order valence-electron chi connectivity index (χ3n) is 3.89. The second-order valence-electron chi connectivity index (χ2n) is 6.08. The monoisotopic (exact) mass is 303 g/mol. The molecule has 4 nitrogen and oxygen atoms in total. The molecule has 0 radical (unpaired) electrons. The van der Waals surface area contributed by atoms with Crippen molar-refractivity contribution < 1.29 is 14.3 Å². The lowest BCUT2D eigenvalue weighted by molar-refractivity contribution is -0.121. The lowest BCUT2D eigenvalue weighted by Crippen LogP contribution is -2.51. The molecule has 1 aromatic carbocycles. The number of ketones is 1. The Morgan fingerprint density at radius 2 is 2.18 bits per heavy atom. The molecule has 1 fully saturated rings. The summed E-state index contributed by atoms with van der Waals surface area (Å²) in [4.78, 5) is 12.0. The smallest absolute Gasteiger partial charge is 0.155 e. The Bertz CT molecular complexity index is 524.